The highest BCUT2D eigenvalue weighted by molar-refractivity contribution is 5.84. The average Bonchev–Trinajstić information content (AvgIpc) is 3.36. The lowest BCUT2D eigenvalue weighted by atomic mass is 10.0. The molecule has 5 rings (SSSR count). The van der Waals surface area contributed by atoms with Gasteiger partial charge in [-0.25, -0.2) is 4.79 Å². The predicted octanol–water partition coefficient (Wildman–Crippen LogP) is 4.30. The van der Waals surface area contributed by atoms with Crippen LogP contribution in [0.3, 0.4) is 0 Å². The summed E-state index contributed by atoms with van der Waals surface area (Å²) in [5, 5.41) is 11.9. The molecule has 0 bridgehead atoms. The van der Waals surface area contributed by atoms with Crippen molar-refractivity contribution in [1.29, 1.82) is 0 Å². The second-order valence-corrected chi connectivity index (χ2v) is 8.29. The van der Waals surface area contributed by atoms with Crippen LogP contribution in [-0.2, 0) is 19.4 Å². The van der Waals surface area contributed by atoms with Crippen molar-refractivity contribution in [2.75, 3.05) is 6.54 Å². The van der Waals surface area contributed by atoms with Crippen molar-refractivity contribution < 1.29 is 9.84 Å². The van der Waals surface area contributed by atoms with Crippen LogP contribution in [0.1, 0.15) is 22.4 Å². The first kappa shape index (κ1) is 21.6. The molecule has 0 spiro atoms. The van der Waals surface area contributed by atoms with Gasteiger partial charge in [-0.2, -0.15) is 0 Å². The first-order valence-electron chi connectivity index (χ1n) is 11.2. The maximum atomic E-state index is 12.6. The number of rotatable bonds is 8. The number of aromatic nitrogens is 3. The van der Waals surface area contributed by atoms with Gasteiger partial charge in [0, 0.05) is 23.5 Å². The number of hydrogen-bond acceptors (Lipinski definition) is 4. The number of aromatic amines is 2. The fourth-order valence-corrected chi connectivity index (χ4v) is 4.20. The molecule has 0 amide bonds. The topological polar surface area (TPSA) is 109 Å². The maximum absolute atomic E-state index is 12.6. The minimum atomic E-state index is -0.353. The van der Waals surface area contributed by atoms with Crippen molar-refractivity contribution >= 4 is 10.9 Å². The second kappa shape index (κ2) is 9.33. The lowest BCUT2D eigenvalue weighted by Crippen LogP contribution is -2.17. The zero-order chi connectivity index (χ0) is 23.5. The minimum Gasteiger partial charge on any atom is -0.493 e. The molecule has 0 aliphatic carbocycles. The quantitative estimate of drug-likeness (QED) is 0.280. The fraction of sp³-hybridized carbons (Fsp3) is 0.148. The third kappa shape index (κ3) is 4.46. The third-order valence-electron chi connectivity index (χ3n) is 5.87. The molecule has 0 radical (unpaired) electrons. The molecule has 0 saturated carbocycles. The summed E-state index contributed by atoms with van der Waals surface area (Å²) in [6, 6.07) is 23.1. The SMILES string of the molecule is NCCc1c[nH]c2ccc(Cc3[nH]c(=O)n(Cc4cccc(Oc5ccccc5)c4)c3O)cc12. The molecule has 7 nitrogen and oxygen atoms in total. The molecule has 5 N–H and O–H groups in total. The molecule has 3 aromatic carbocycles. The van der Waals surface area contributed by atoms with E-state index in [1.807, 2.05) is 72.9 Å². The van der Waals surface area contributed by atoms with Crippen LogP contribution in [0.25, 0.3) is 10.9 Å². The minimum absolute atomic E-state index is 0.0595. The van der Waals surface area contributed by atoms with Crippen molar-refractivity contribution in [1.82, 2.24) is 14.5 Å². The molecular weight excluding hydrogens is 428 g/mol. The number of nitrogens with one attached hydrogen (secondary N) is 2. The number of nitrogens with zero attached hydrogens (tertiary/aromatic N) is 1. The molecule has 0 atom stereocenters. The number of imidazole rings is 1. The molecule has 2 heterocycles. The number of hydrogen-bond donors (Lipinski definition) is 4. The number of benzene rings is 3. The summed E-state index contributed by atoms with van der Waals surface area (Å²) in [5.41, 5.74) is 9.89. The van der Waals surface area contributed by atoms with E-state index in [1.165, 1.54) is 4.57 Å². The van der Waals surface area contributed by atoms with Crippen LogP contribution in [0.2, 0.25) is 0 Å². The van der Waals surface area contributed by atoms with E-state index >= 15 is 0 Å². The lowest BCUT2D eigenvalue weighted by molar-refractivity contribution is 0.416. The van der Waals surface area contributed by atoms with Crippen LogP contribution in [0.5, 0.6) is 17.4 Å². The van der Waals surface area contributed by atoms with E-state index in [1.54, 1.807) is 0 Å². The summed E-state index contributed by atoms with van der Waals surface area (Å²) in [4.78, 5) is 18.7. The van der Waals surface area contributed by atoms with Gasteiger partial charge < -0.3 is 25.5 Å². The highest BCUT2D eigenvalue weighted by Crippen LogP contribution is 2.25. The first-order chi connectivity index (χ1) is 16.6. The number of H-pyrrole nitrogens is 2. The highest BCUT2D eigenvalue weighted by atomic mass is 16.5. The molecule has 0 saturated heterocycles. The van der Waals surface area contributed by atoms with Gasteiger partial charge in [0.1, 0.15) is 11.5 Å². The molecule has 172 valence electrons. The van der Waals surface area contributed by atoms with Crippen molar-refractivity contribution in [2.24, 2.45) is 5.73 Å². The van der Waals surface area contributed by atoms with Gasteiger partial charge in [0.25, 0.3) is 0 Å². The normalized spacial score (nSPS) is 11.2. The largest absolute Gasteiger partial charge is 0.493 e. The Morgan fingerprint density at radius 3 is 2.59 bits per heavy atom. The molecule has 2 aromatic heterocycles. The summed E-state index contributed by atoms with van der Waals surface area (Å²) in [6.07, 6.45) is 3.18. The van der Waals surface area contributed by atoms with E-state index in [-0.39, 0.29) is 18.1 Å². The standard InChI is InChI=1S/C27H26N4O3/c28-12-11-20-16-29-24-10-9-18(14-23(20)24)15-25-26(32)31(27(33)30-25)17-19-5-4-8-22(13-19)34-21-6-2-1-3-7-21/h1-10,13-14,16,29,32H,11-12,15,17,28H2,(H,30,33). The van der Waals surface area contributed by atoms with E-state index in [4.69, 9.17) is 10.5 Å². The van der Waals surface area contributed by atoms with Crippen molar-refractivity contribution in [3.63, 3.8) is 0 Å². The van der Waals surface area contributed by atoms with E-state index in [2.05, 4.69) is 16.0 Å². The number of nitrogens with two attached hydrogens (primary N) is 1. The Kier molecular flexibility index (Phi) is 5.93. The Labute approximate surface area is 196 Å². The van der Waals surface area contributed by atoms with Crippen LogP contribution in [0, 0.1) is 0 Å². The maximum Gasteiger partial charge on any atom is 0.328 e. The fourth-order valence-electron chi connectivity index (χ4n) is 4.20. The summed E-state index contributed by atoms with van der Waals surface area (Å²) in [5.74, 6) is 1.34. The Morgan fingerprint density at radius 2 is 1.76 bits per heavy atom. The lowest BCUT2D eigenvalue weighted by Gasteiger charge is -2.09. The van der Waals surface area contributed by atoms with Crippen molar-refractivity contribution in [3.8, 4) is 17.4 Å². The molecule has 7 heteroatoms. The molecule has 0 unspecified atom stereocenters. The van der Waals surface area contributed by atoms with E-state index in [0.29, 0.717) is 24.4 Å². The van der Waals surface area contributed by atoms with Gasteiger partial charge in [0.15, 0.2) is 0 Å². The summed E-state index contributed by atoms with van der Waals surface area (Å²) < 4.78 is 7.23. The summed E-state index contributed by atoms with van der Waals surface area (Å²) >= 11 is 0. The van der Waals surface area contributed by atoms with Gasteiger partial charge in [-0.3, -0.25) is 4.57 Å². The smallest absolute Gasteiger partial charge is 0.328 e. The van der Waals surface area contributed by atoms with Crippen LogP contribution in [-0.4, -0.2) is 26.2 Å². The monoisotopic (exact) mass is 454 g/mol. The van der Waals surface area contributed by atoms with Crippen molar-refractivity contribution in [3.05, 3.63) is 112 Å². The molecular formula is C27H26N4O3. The Balaban J connectivity index is 1.37. The van der Waals surface area contributed by atoms with Gasteiger partial charge in [-0.05, 0) is 66.1 Å². The van der Waals surface area contributed by atoms with Gasteiger partial charge in [0.05, 0.1) is 12.2 Å². The molecule has 0 aliphatic rings. The van der Waals surface area contributed by atoms with Crippen molar-refractivity contribution in [2.45, 2.75) is 19.4 Å². The zero-order valence-electron chi connectivity index (χ0n) is 18.6. The van der Waals surface area contributed by atoms with E-state index < -0.39 is 0 Å². The number of fused-ring (bicyclic) bond motifs is 1. The second-order valence-electron chi connectivity index (χ2n) is 8.29. The average molecular weight is 455 g/mol. The highest BCUT2D eigenvalue weighted by Gasteiger charge is 2.15. The van der Waals surface area contributed by atoms with Crippen LogP contribution >= 0.6 is 0 Å². The number of ether oxygens (including phenoxy) is 1. The summed E-state index contributed by atoms with van der Waals surface area (Å²) in [6.45, 7) is 0.802. The molecule has 34 heavy (non-hydrogen) atoms. The molecule has 0 aliphatic heterocycles. The number of para-hydroxylation sites is 1. The van der Waals surface area contributed by atoms with Gasteiger partial charge in [-0.1, -0.05) is 36.4 Å². The van der Waals surface area contributed by atoms with Crippen LogP contribution < -0.4 is 16.2 Å². The van der Waals surface area contributed by atoms with Gasteiger partial charge >= 0.3 is 5.69 Å². The van der Waals surface area contributed by atoms with Crippen LogP contribution in [0.15, 0.2) is 83.8 Å². The zero-order valence-corrected chi connectivity index (χ0v) is 18.6. The van der Waals surface area contributed by atoms with Gasteiger partial charge in [-0.15, -0.1) is 0 Å². The van der Waals surface area contributed by atoms with E-state index in [0.717, 1.165) is 39.8 Å². The Morgan fingerprint density at radius 1 is 0.941 bits per heavy atom. The van der Waals surface area contributed by atoms with Gasteiger partial charge in [0.2, 0.25) is 5.88 Å². The predicted molar refractivity (Wildman–Crippen MR) is 133 cm³/mol. The first-order valence-corrected chi connectivity index (χ1v) is 11.2. The molecule has 0 fully saturated rings. The van der Waals surface area contributed by atoms with E-state index in [9.17, 15) is 9.90 Å². The Bertz CT molecular complexity index is 1480. The van der Waals surface area contributed by atoms with Crippen LogP contribution in [0.4, 0.5) is 0 Å². The summed E-state index contributed by atoms with van der Waals surface area (Å²) in [7, 11) is 0. The third-order valence-corrected chi connectivity index (χ3v) is 5.87. The molecule has 5 aromatic rings. The number of aromatic hydroxyl groups is 1. The Hall–Kier alpha value is -4.23.